The normalized spacial score (nSPS) is 34.1. The van der Waals surface area contributed by atoms with Gasteiger partial charge >= 0.3 is 0 Å². The molecule has 0 aliphatic carbocycles. The van der Waals surface area contributed by atoms with Crippen molar-refractivity contribution in [3.05, 3.63) is 0 Å². The number of carbonyl (C=O) groups excluding carboxylic acids is 1. The zero-order chi connectivity index (χ0) is 11.8. The molecule has 1 N–H and O–H groups in total. The second kappa shape index (κ2) is 4.00. The van der Waals surface area contributed by atoms with Crippen LogP contribution in [0.5, 0.6) is 0 Å². The van der Waals surface area contributed by atoms with Crippen LogP contribution in [0, 0.1) is 0 Å². The first-order chi connectivity index (χ1) is 7.43. The lowest BCUT2D eigenvalue weighted by Crippen LogP contribution is -2.59. The molecule has 0 aromatic heterocycles. The molecule has 4 nitrogen and oxygen atoms in total. The largest absolute Gasteiger partial charge is 0.372 e. The second-order valence-corrected chi connectivity index (χ2v) is 5.70. The molecular weight excluding hydrogens is 204 g/mol. The summed E-state index contributed by atoms with van der Waals surface area (Å²) in [6, 6.07) is 0. The van der Waals surface area contributed by atoms with Gasteiger partial charge in [0.05, 0.1) is 17.7 Å². The van der Waals surface area contributed by atoms with Crippen LogP contribution in [-0.4, -0.2) is 48.2 Å². The Labute approximate surface area is 97.3 Å². The number of hydrogen-bond donors (Lipinski definition) is 1. The smallest absolute Gasteiger partial charge is 0.242 e. The first-order valence-corrected chi connectivity index (χ1v) is 6.11. The van der Waals surface area contributed by atoms with Crippen molar-refractivity contribution in [2.75, 3.05) is 26.2 Å². The Bertz CT molecular complexity index is 283. The molecule has 2 fully saturated rings. The average Bonchev–Trinajstić information content (AvgIpc) is 2.64. The summed E-state index contributed by atoms with van der Waals surface area (Å²) in [5, 5.41) is 3.33. The highest BCUT2D eigenvalue weighted by molar-refractivity contribution is 5.86. The molecule has 2 saturated heterocycles. The van der Waals surface area contributed by atoms with Crippen LogP contribution in [0.25, 0.3) is 0 Å². The molecule has 2 heterocycles. The zero-order valence-electron chi connectivity index (χ0n) is 10.5. The van der Waals surface area contributed by atoms with Crippen LogP contribution in [0.3, 0.4) is 0 Å². The topological polar surface area (TPSA) is 41.6 Å². The fourth-order valence-electron chi connectivity index (χ4n) is 2.62. The minimum atomic E-state index is -0.340. The molecule has 2 aliphatic heterocycles. The minimum Gasteiger partial charge on any atom is -0.372 e. The fourth-order valence-corrected chi connectivity index (χ4v) is 2.62. The van der Waals surface area contributed by atoms with Crippen LogP contribution < -0.4 is 5.32 Å². The summed E-state index contributed by atoms with van der Waals surface area (Å²) in [6.45, 7) is 9.12. The van der Waals surface area contributed by atoms with Gasteiger partial charge in [0.25, 0.3) is 0 Å². The van der Waals surface area contributed by atoms with Gasteiger partial charge in [-0.25, -0.2) is 0 Å². The van der Waals surface area contributed by atoms with Crippen LogP contribution in [0.2, 0.25) is 0 Å². The lowest BCUT2D eigenvalue weighted by atomic mass is 9.96. The third-order valence-electron chi connectivity index (χ3n) is 3.55. The van der Waals surface area contributed by atoms with Crippen molar-refractivity contribution in [3.8, 4) is 0 Å². The third-order valence-corrected chi connectivity index (χ3v) is 3.55. The summed E-state index contributed by atoms with van der Waals surface area (Å²) in [5.41, 5.74) is -0.545. The first kappa shape index (κ1) is 11.9. The van der Waals surface area contributed by atoms with Gasteiger partial charge in [-0.15, -0.1) is 0 Å². The van der Waals surface area contributed by atoms with Gasteiger partial charge in [0.1, 0.15) is 0 Å². The van der Waals surface area contributed by atoms with Crippen molar-refractivity contribution in [1.29, 1.82) is 0 Å². The van der Waals surface area contributed by atoms with Crippen molar-refractivity contribution in [1.82, 2.24) is 10.2 Å². The molecule has 1 unspecified atom stereocenters. The van der Waals surface area contributed by atoms with Crippen molar-refractivity contribution in [2.24, 2.45) is 0 Å². The highest BCUT2D eigenvalue weighted by Crippen LogP contribution is 2.24. The van der Waals surface area contributed by atoms with Crippen LogP contribution in [-0.2, 0) is 9.53 Å². The molecule has 0 spiro atoms. The van der Waals surface area contributed by atoms with E-state index in [1.165, 1.54) is 0 Å². The molecular formula is C12H22N2O2. The number of carbonyl (C=O) groups is 1. The van der Waals surface area contributed by atoms with E-state index in [9.17, 15) is 4.79 Å². The first-order valence-electron chi connectivity index (χ1n) is 6.11. The van der Waals surface area contributed by atoms with Gasteiger partial charge in [-0.1, -0.05) is 0 Å². The standard InChI is InChI=1S/C12H22N2O2/c1-11(2)9-14(7-8-16-11)10(15)12(3)5-4-6-13-12/h13H,4-9H2,1-3H3. The van der Waals surface area contributed by atoms with E-state index in [1.807, 2.05) is 25.7 Å². The van der Waals surface area contributed by atoms with Gasteiger partial charge in [0.15, 0.2) is 0 Å². The van der Waals surface area contributed by atoms with E-state index in [0.29, 0.717) is 13.2 Å². The van der Waals surface area contributed by atoms with E-state index >= 15 is 0 Å². The van der Waals surface area contributed by atoms with E-state index in [4.69, 9.17) is 4.74 Å². The van der Waals surface area contributed by atoms with E-state index < -0.39 is 0 Å². The predicted octanol–water partition coefficient (Wildman–Crippen LogP) is 0.766. The number of ether oxygens (including phenoxy) is 1. The molecule has 92 valence electrons. The molecule has 1 amide bonds. The Hall–Kier alpha value is -0.610. The van der Waals surface area contributed by atoms with Crippen molar-refractivity contribution < 1.29 is 9.53 Å². The van der Waals surface area contributed by atoms with E-state index in [-0.39, 0.29) is 17.0 Å². The molecule has 1 atom stereocenters. The monoisotopic (exact) mass is 226 g/mol. The van der Waals surface area contributed by atoms with Crippen LogP contribution in [0.4, 0.5) is 0 Å². The van der Waals surface area contributed by atoms with Crippen LogP contribution in [0.1, 0.15) is 33.6 Å². The van der Waals surface area contributed by atoms with Gasteiger partial charge in [-0.3, -0.25) is 4.79 Å². The SMILES string of the molecule is CC1(C)CN(C(=O)C2(C)CCCN2)CCO1. The van der Waals surface area contributed by atoms with Crippen LogP contribution >= 0.6 is 0 Å². The summed E-state index contributed by atoms with van der Waals surface area (Å²) in [4.78, 5) is 14.4. The van der Waals surface area contributed by atoms with Crippen molar-refractivity contribution in [3.63, 3.8) is 0 Å². The fraction of sp³-hybridized carbons (Fsp3) is 0.917. The Morgan fingerprint density at radius 1 is 1.38 bits per heavy atom. The average molecular weight is 226 g/mol. The summed E-state index contributed by atoms with van der Waals surface area (Å²) in [5.74, 6) is 0.237. The van der Waals surface area contributed by atoms with Gasteiger partial charge in [0, 0.05) is 13.1 Å². The lowest BCUT2D eigenvalue weighted by molar-refractivity contribution is -0.151. The molecule has 0 saturated carbocycles. The molecule has 0 aromatic rings. The second-order valence-electron chi connectivity index (χ2n) is 5.70. The van der Waals surface area contributed by atoms with Crippen molar-refractivity contribution >= 4 is 5.91 Å². The maximum absolute atomic E-state index is 12.4. The summed E-state index contributed by atoms with van der Waals surface area (Å²) >= 11 is 0. The van der Waals surface area contributed by atoms with Crippen molar-refractivity contribution in [2.45, 2.75) is 44.8 Å². The minimum absolute atomic E-state index is 0.205. The Morgan fingerprint density at radius 2 is 2.12 bits per heavy atom. The molecule has 0 aromatic carbocycles. The summed E-state index contributed by atoms with van der Waals surface area (Å²) in [7, 11) is 0. The molecule has 16 heavy (non-hydrogen) atoms. The maximum atomic E-state index is 12.4. The summed E-state index contributed by atoms with van der Waals surface area (Å²) in [6.07, 6.45) is 2.04. The van der Waals surface area contributed by atoms with E-state index in [2.05, 4.69) is 5.32 Å². The lowest BCUT2D eigenvalue weighted by Gasteiger charge is -2.41. The number of rotatable bonds is 1. The number of nitrogens with zero attached hydrogens (tertiary/aromatic N) is 1. The number of amides is 1. The quantitative estimate of drug-likeness (QED) is 0.718. The molecule has 0 radical (unpaired) electrons. The Balaban J connectivity index is 2.04. The Morgan fingerprint density at radius 3 is 2.69 bits per heavy atom. The molecule has 2 aliphatic rings. The predicted molar refractivity (Wildman–Crippen MR) is 62.3 cm³/mol. The highest BCUT2D eigenvalue weighted by Gasteiger charge is 2.41. The van der Waals surface area contributed by atoms with Crippen LogP contribution in [0.15, 0.2) is 0 Å². The summed E-state index contributed by atoms with van der Waals surface area (Å²) < 4.78 is 5.63. The van der Waals surface area contributed by atoms with Gasteiger partial charge in [-0.05, 0) is 40.2 Å². The van der Waals surface area contributed by atoms with E-state index in [0.717, 1.165) is 25.9 Å². The van der Waals surface area contributed by atoms with Gasteiger partial charge in [-0.2, -0.15) is 0 Å². The molecule has 0 bridgehead atoms. The third kappa shape index (κ3) is 2.23. The zero-order valence-corrected chi connectivity index (χ0v) is 10.5. The number of hydrogen-bond acceptors (Lipinski definition) is 3. The van der Waals surface area contributed by atoms with Gasteiger partial charge < -0.3 is 15.0 Å². The number of morpholine rings is 1. The van der Waals surface area contributed by atoms with Gasteiger partial charge in [0.2, 0.25) is 5.91 Å². The molecule has 2 rings (SSSR count). The highest BCUT2D eigenvalue weighted by atomic mass is 16.5. The van der Waals surface area contributed by atoms with E-state index in [1.54, 1.807) is 0 Å². The molecule has 4 heteroatoms. The number of nitrogens with one attached hydrogen (secondary N) is 1. The Kier molecular flexibility index (Phi) is 2.97. The maximum Gasteiger partial charge on any atom is 0.242 e.